The van der Waals surface area contributed by atoms with Crippen molar-refractivity contribution in [1.82, 2.24) is 0 Å². The lowest BCUT2D eigenvalue weighted by Gasteiger charge is -2.09. The smallest absolute Gasteiger partial charge is 0.129 e. The molecular weight excluding hydrogens is 201 g/mol. The fourth-order valence-corrected chi connectivity index (χ4v) is 1.95. The van der Waals surface area contributed by atoms with Crippen LogP contribution in [0.3, 0.4) is 0 Å². The Hall–Kier alpha value is -0.890. The Kier molecular flexibility index (Phi) is 4.94. The molecule has 1 rings (SSSR count). The van der Waals surface area contributed by atoms with Crippen molar-refractivity contribution >= 4 is 0 Å². The Labute approximate surface area is 97.9 Å². The molecule has 1 atom stereocenters. The summed E-state index contributed by atoms with van der Waals surface area (Å²) in [6.07, 6.45) is 3.85. The molecule has 0 saturated carbocycles. The van der Waals surface area contributed by atoms with Crippen molar-refractivity contribution in [2.24, 2.45) is 5.73 Å². The van der Waals surface area contributed by atoms with E-state index in [0.29, 0.717) is 0 Å². The largest absolute Gasteiger partial charge is 0.328 e. The minimum atomic E-state index is -0.0431. The van der Waals surface area contributed by atoms with Crippen LogP contribution in [0.15, 0.2) is 12.1 Å². The minimum Gasteiger partial charge on any atom is -0.328 e. The van der Waals surface area contributed by atoms with Gasteiger partial charge in [0.25, 0.3) is 0 Å². The van der Waals surface area contributed by atoms with Gasteiger partial charge < -0.3 is 5.73 Å². The summed E-state index contributed by atoms with van der Waals surface area (Å²) < 4.78 is 13.6. The van der Waals surface area contributed by atoms with E-state index in [1.54, 1.807) is 0 Å². The number of rotatable bonds is 5. The van der Waals surface area contributed by atoms with Crippen LogP contribution in [0.1, 0.15) is 43.4 Å². The van der Waals surface area contributed by atoms with Gasteiger partial charge in [0.15, 0.2) is 0 Å². The van der Waals surface area contributed by atoms with Gasteiger partial charge in [0.05, 0.1) is 0 Å². The van der Waals surface area contributed by atoms with Gasteiger partial charge >= 0.3 is 0 Å². The monoisotopic (exact) mass is 223 g/mol. The summed E-state index contributed by atoms with van der Waals surface area (Å²) in [5.74, 6) is -0.0431. The quantitative estimate of drug-likeness (QED) is 0.813. The predicted octanol–water partition coefficient (Wildman–Crippen LogP) is 3.37. The first-order chi connectivity index (χ1) is 7.54. The molecule has 0 saturated heterocycles. The van der Waals surface area contributed by atoms with Gasteiger partial charge in [-0.3, -0.25) is 0 Å². The number of hydrogen-bond acceptors (Lipinski definition) is 1. The zero-order valence-corrected chi connectivity index (χ0v) is 10.5. The van der Waals surface area contributed by atoms with Crippen LogP contribution in [-0.2, 0) is 12.8 Å². The normalized spacial score (nSPS) is 12.8. The molecule has 0 amide bonds. The molecule has 0 bridgehead atoms. The molecule has 0 aliphatic heterocycles. The summed E-state index contributed by atoms with van der Waals surface area (Å²) in [5, 5.41) is 0. The fraction of sp³-hybridized carbons (Fsp3) is 0.571. The second-order valence-electron chi connectivity index (χ2n) is 4.61. The van der Waals surface area contributed by atoms with Crippen molar-refractivity contribution in [2.45, 2.75) is 52.5 Å². The Morgan fingerprint density at radius 1 is 1.38 bits per heavy atom. The molecule has 0 aliphatic rings. The zero-order chi connectivity index (χ0) is 12.1. The second-order valence-corrected chi connectivity index (χ2v) is 4.61. The maximum atomic E-state index is 13.6. The van der Waals surface area contributed by atoms with Crippen molar-refractivity contribution in [3.8, 4) is 0 Å². The molecule has 0 aliphatic carbocycles. The first-order valence-corrected chi connectivity index (χ1v) is 6.08. The van der Waals surface area contributed by atoms with Crippen molar-refractivity contribution in [2.75, 3.05) is 0 Å². The molecular formula is C14H22FN. The van der Waals surface area contributed by atoms with E-state index in [9.17, 15) is 4.39 Å². The number of nitrogens with two attached hydrogens (primary N) is 1. The first-order valence-electron chi connectivity index (χ1n) is 6.08. The molecule has 0 heterocycles. The minimum absolute atomic E-state index is 0.0431. The summed E-state index contributed by atoms with van der Waals surface area (Å²) >= 11 is 0. The third kappa shape index (κ3) is 3.60. The molecule has 0 fully saturated rings. The lowest BCUT2D eigenvalue weighted by Crippen LogP contribution is -2.14. The first kappa shape index (κ1) is 13.2. The van der Waals surface area contributed by atoms with Crippen LogP contribution in [0.5, 0.6) is 0 Å². The number of hydrogen-bond donors (Lipinski definition) is 1. The SMILES string of the molecule is CCc1cc(CCCC(C)N)cc(C)c1F. The van der Waals surface area contributed by atoms with E-state index in [1.165, 1.54) is 5.56 Å². The van der Waals surface area contributed by atoms with Gasteiger partial charge in [-0.1, -0.05) is 19.1 Å². The zero-order valence-electron chi connectivity index (χ0n) is 10.5. The van der Waals surface area contributed by atoms with Gasteiger partial charge in [-0.25, -0.2) is 4.39 Å². The highest BCUT2D eigenvalue weighted by Crippen LogP contribution is 2.17. The van der Waals surface area contributed by atoms with E-state index in [4.69, 9.17) is 5.73 Å². The third-order valence-electron chi connectivity index (χ3n) is 2.90. The number of aryl methyl sites for hydroxylation is 3. The average molecular weight is 223 g/mol. The van der Waals surface area contributed by atoms with Gasteiger partial charge in [-0.05, 0) is 56.2 Å². The topological polar surface area (TPSA) is 26.0 Å². The Morgan fingerprint density at radius 2 is 2.06 bits per heavy atom. The third-order valence-corrected chi connectivity index (χ3v) is 2.90. The van der Waals surface area contributed by atoms with Gasteiger partial charge in [-0.2, -0.15) is 0 Å². The van der Waals surface area contributed by atoms with Gasteiger partial charge in [-0.15, -0.1) is 0 Å². The predicted molar refractivity (Wildman–Crippen MR) is 67.1 cm³/mol. The van der Waals surface area contributed by atoms with Crippen LogP contribution >= 0.6 is 0 Å². The van der Waals surface area contributed by atoms with Crippen LogP contribution in [0.25, 0.3) is 0 Å². The lowest BCUT2D eigenvalue weighted by atomic mass is 9.99. The summed E-state index contributed by atoms with van der Waals surface area (Å²) in [6, 6.07) is 4.20. The molecule has 1 aromatic rings. The molecule has 0 aromatic heterocycles. The van der Waals surface area contributed by atoms with Crippen LogP contribution in [0, 0.1) is 12.7 Å². The summed E-state index contributed by atoms with van der Waals surface area (Å²) in [4.78, 5) is 0. The standard InChI is InChI=1S/C14H22FN/c1-4-13-9-12(7-5-6-11(3)16)8-10(2)14(13)15/h8-9,11H,4-7,16H2,1-3H3. The Balaban J connectivity index is 2.70. The van der Waals surface area contributed by atoms with Crippen LogP contribution in [0.2, 0.25) is 0 Å². The maximum absolute atomic E-state index is 13.6. The van der Waals surface area contributed by atoms with E-state index in [0.717, 1.165) is 36.8 Å². The van der Waals surface area contributed by atoms with Crippen LogP contribution in [-0.4, -0.2) is 6.04 Å². The van der Waals surface area contributed by atoms with Crippen molar-refractivity contribution in [3.63, 3.8) is 0 Å². The van der Waals surface area contributed by atoms with Crippen molar-refractivity contribution < 1.29 is 4.39 Å². The van der Waals surface area contributed by atoms with E-state index in [1.807, 2.05) is 32.9 Å². The van der Waals surface area contributed by atoms with E-state index in [2.05, 4.69) is 0 Å². The maximum Gasteiger partial charge on any atom is 0.129 e. The molecule has 2 N–H and O–H groups in total. The molecule has 1 unspecified atom stereocenters. The summed E-state index contributed by atoms with van der Waals surface area (Å²) in [7, 11) is 0. The second kappa shape index (κ2) is 6.00. The van der Waals surface area contributed by atoms with Gasteiger partial charge in [0.1, 0.15) is 5.82 Å². The van der Waals surface area contributed by atoms with Crippen molar-refractivity contribution in [1.29, 1.82) is 0 Å². The van der Waals surface area contributed by atoms with Crippen molar-refractivity contribution in [3.05, 3.63) is 34.6 Å². The summed E-state index contributed by atoms with van der Waals surface area (Å²) in [5.41, 5.74) is 8.53. The Morgan fingerprint density at radius 3 is 2.62 bits per heavy atom. The molecule has 90 valence electrons. The molecule has 1 aromatic carbocycles. The van der Waals surface area contributed by atoms with Crippen LogP contribution < -0.4 is 5.73 Å². The molecule has 0 radical (unpaired) electrons. The fourth-order valence-electron chi connectivity index (χ4n) is 1.95. The lowest BCUT2D eigenvalue weighted by molar-refractivity contribution is 0.598. The summed E-state index contributed by atoms with van der Waals surface area (Å²) in [6.45, 7) is 5.85. The highest BCUT2D eigenvalue weighted by atomic mass is 19.1. The Bertz CT molecular complexity index is 345. The number of benzene rings is 1. The molecule has 2 heteroatoms. The van der Waals surface area contributed by atoms with E-state index in [-0.39, 0.29) is 11.9 Å². The molecule has 1 nitrogen and oxygen atoms in total. The van der Waals surface area contributed by atoms with Gasteiger partial charge in [0.2, 0.25) is 0 Å². The molecule has 0 spiro atoms. The van der Waals surface area contributed by atoms with E-state index >= 15 is 0 Å². The highest BCUT2D eigenvalue weighted by Gasteiger charge is 2.06. The number of halogens is 1. The van der Waals surface area contributed by atoms with Crippen LogP contribution in [0.4, 0.5) is 4.39 Å². The average Bonchev–Trinajstić information content (AvgIpc) is 2.22. The van der Waals surface area contributed by atoms with E-state index < -0.39 is 0 Å². The highest BCUT2D eigenvalue weighted by molar-refractivity contribution is 5.31. The molecule has 16 heavy (non-hydrogen) atoms. The van der Waals surface area contributed by atoms with Gasteiger partial charge in [0, 0.05) is 6.04 Å².